The maximum Gasteiger partial charge on any atom is 0.218 e. The van der Waals surface area contributed by atoms with Crippen LogP contribution in [0.2, 0.25) is 0 Å². The van der Waals surface area contributed by atoms with Crippen LogP contribution in [0.1, 0.15) is 6.42 Å². The maximum atomic E-state index is 5.24. The molecule has 0 spiro atoms. The van der Waals surface area contributed by atoms with Gasteiger partial charge >= 0.3 is 0 Å². The van der Waals surface area contributed by atoms with Crippen molar-refractivity contribution in [2.45, 2.75) is 12.8 Å². The standard InChI is InChI=1S/C6H13NO2/c1-7-4-3-5-9-6(7)8-2/h6H,3-5H2,1-2H3. The highest BCUT2D eigenvalue weighted by molar-refractivity contribution is 4.55. The van der Waals surface area contributed by atoms with Crippen molar-refractivity contribution in [1.82, 2.24) is 4.90 Å². The molecule has 1 heterocycles. The summed E-state index contributed by atoms with van der Waals surface area (Å²) in [6, 6.07) is 0. The molecule has 3 nitrogen and oxygen atoms in total. The van der Waals surface area contributed by atoms with E-state index in [2.05, 4.69) is 0 Å². The van der Waals surface area contributed by atoms with Crippen molar-refractivity contribution in [1.29, 1.82) is 0 Å². The van der Waals surface area contributed by atoms with E-state index in [0.717, 1.165) is 19.6 Å². The highest BCUT2D eigenvalue weighted by Gasteiger charge is 2.17. The van der Waals surface area contributed by atoms with Crippen molar-refractivity contribution in [3.8, 4) is 0 Å². The van der Waals surface area contributed by atoms with Crippen molar-refractivity contribution in [3.05, 3.63) is 0 Å². The van der Waals surface area contributed by atoms with Crippen molar-refractivity contribution in [2.75, 3.05) is 27.3 Å². The Bertz CT molecular complexity index is 87.1. The van der Waals surface area contributed by atoms with E-state index >= 15 is 0 Å². The van der Waals surface area contributed by atoms with E-state index in [1.54, 1.807) is 7.11 Å². The summed E-state index contributed by atoms with van der Waals surface area (Å²) in [6.07, 6.45) is 0.995. The van der Waals surface area contributed by atoms with Gasteiger partial charge < -0.3 is 9.47 Å². The second-order valence-corrected chi connectivity index (χ2v) is 2.25. The summed E-state index contributed by atoms with van der Waals surface area (Å²) in [6.45, 7) is 1.89. The highest BCUT2D eigenvalue weighted by atomic mass is 16.7. The van der Waals surface area contributed by atoms with Gasteiger partial charge in [0.25, 0.3) is 0 Å². The van der Waals surface area contributed by atoms with Gasteiger partial charge in [0.2, 0.25) is 6.41 Å². The number of nitrogens with zero attached hydrogens (tertiary/aromatic N) is 1. The van der Waals surface area contributed by atoms with E-state index in [0.29, 0.717) is 0 Å². The lowest BCUT2D eigenvalue weighted by Gasteiger charge is -2.30. The molecule has 0 aliphatic carbocycles. The van der Waals surface area contributed by atoms with Crippen LogP contribution >= 0.6 is 0 Å². The Balaban J connectivity index is 2.30. The molecule has 0 aromatic heterocycles. The summed E-state index contributed by atoms with van der Waals surface area (Å²) in [5, 5.41) is 0. The van der Waals surface area contributed by atoms with Crippen LogP contribution in [0.25, 0.3) is 0 Å². The predicted octanol–water partition coefficient (Wildman–Crippen LogP) is 0.268. The molecule has 9 heavy (non-hydrogen) atoms. The fourth-order valence-electron chi connectivity index (χ4n) is 0.979. The van der Waals surface area contributed by atoms with E-state index in [1.165, 1.54) is 0 Å². The lowest BCUT2D eigenvalue weighted by Crippen LogP contribution is -2.40. The zero-order chi connectivity index (χ0) is 6.69. The fourth-order valence-corrected chi connectivity index (χ4v) is 0.979. The summed E-state index contributed by atoms with van der Waals surface area (Å²) in [5.41, 5.74) is 0. The Morgan fingerprint density at radius 1 is 1.67 bits per heavy atom. The van der Waals surface area contributed by atoms with Crippen LogP contribution in [-0.4, -0.2) is 38.6 Å². The third-order valence-corrected chi connectivity index (χ3v) is 1.48. The van der Waals surface area contributed by atoms with Crippen molar-refractivity contribution < 1.29 is 9.47 Å². The second-order valence-electron chi connectivity index (χ2n) is 2.25. The van der Waals surface area contributed by atoms with Gasteiger partial charge in [-0.25, -0.2) is 0 Å². The smallest absolute Gasteiger partial charge is 0.218 e. The summed E-state index contributed by atoms with van der Waals surface area (Å²) >= 11 is 0. The van der Waals surface area contributed by atoms with Gasteiger partial charge in [-0.15, -0.1) is 0 Å². The van der Waals surface area contributed by atoms with Gasteiger partial charge in [0.1, 0.15) is 0 Å². The minimum Gasteiger partial charge on any atom is -0.343 e. The fraction of sp³-hybridized carbons (Fsp3) is 1.00. The number of rotatable bonds is 1. The third kappa shape index (κ3) is 1.64. The minimum atomic E-state index is -0.112. The van der Waals surface area contributed by atoms with Crippen LogP contribution in [0.4, 0.5) is 0 Å². The molecular weight excluding hydrogens is 118 g/mol. The molecule has 0 N–H and O–H groups in total. The zero-order valence-corrected chi connectivity index (χ0v) is 5.96. The minimum absolute atomic E-state index is 0.112. The SMILES string of the molecule is COC1OCCCN1C. The molecule has 1 rings (SSSR count). The first-order valence-corrected chi connectivity index (χ1v) is 3.19. The van der Waals surface area contributed by atoms with E-state index in [4.69, 9.17) is 9.47 Å². The van der Waals surface area contributed by atoms with Crippen LogP contribution in [0.15, 0.2) is 0 Å². The molecule has 3 heteroatoms. The summed E-state index contributed by atoms with van der Waals surface area (Å²) in [5.74, 6) is 0. The van der Waals surface area contributed by atoms with E-state index in [-0.39, 0.29) is 6.41 Å². The molecule has 1 fully saturated rings. The van der Waals surface area contributed by atoms with Crippen LogP contribution in [0.3, 0.4) is 0 Å². The maximum absolute atomic E-state index is 5.24. The lowest BCUT2D eigenvalue weighted by atomic mass is 10.4. The van der Waals surface area contributed by atoms with Gasteiger partial charge in [0.05, 0.1) is 6.61 Å². The van der Waals surface area contributed by atoms with Gasteiger partial charge in [0.15, 0.2) is 0 Å². The van der Waals surface area contributed by atoms with Crippen LogP contribution in [-0.2, 0) is 9.47 Å². The number of hydrogen-bond donors (Lipinski definition) is 0. The molecule has 1 atom stereocenters. The normalized spacial score (nSPS) is 30.7. The third-order valence-electron chi connectivity index (χ3n) is 1.48. The summed E-state index contributed by atoms with van der Waals surface area (Å²) < 4.78 is 10.3. The molecule has 1 saturated heterocycles. The summed E-state index contributed by atoms with van der Waals surface area (Å²) in [7, 11) is 3.65. The van der Waals surface area contributed by atoms with Crippen molar-refractivity contribution >= 4 is 0 Å². The Labute approximate surface area is 55.5 Å². The van der Waals surface area contributed by atoms with Crippen molar-refractivity contribution in [3.63, 3.8) is 0 Å². The molecule has 0 amide bonds. The van der Waals surface area contributed by atoms with Gasteiger partial charge in [-0.3, -0.25) is 4.90 Å². The monoisotopic (exact) mass is 131 g/mol. The first-order valence-electron chi connectivity index (χ1n) is 3.19. The van der Waals surface area contributed by atoms with E-state index in [1.807, 2.05) is 11.9 Å². The van der Waals surface area contributed by atoms with Gasteiger partial charge in [0, 0.05) is 13.7 Å². The molecular formula is C6H13NO2. The Hall–Kier alpha value is -0.120. The van der Waals surface area contributed by atoms with Crippen LogP contribution in [0, 0.1) is 0 Å². The average molecular weight is 131 g/mol. The quantitative estimate of drug-likeness (QED) is 0.510. The zero-order valence-electron chi connectivity index (χ0n) is 5.96. The Kier molecular flexibility index (Phi) is 2.45. The molecule has 0 radical (unpaired) electrons. The van der Waals surface area contributed by atoms with Crippen LogP contribution < -0.4 is 0 Å². The molecule has 1 unspecified atom stereocenters. The number of methoxy groups -OCH3 is 1. The first kappa shape index (κ1) is 6.99. The topological polar surface area (TPSA) is 21.7 Å². The van der Waals surface area contributed by atoms with E-state index < -0.39 is 0 Å². The molecule has 0 aromatic rings. The first-order chi connectivity index (χ1) is 4.34. The molecule has 0 aromatic carbocycles. The molecule has 0 saturated carbocycles. The molecule has 1 aliphatic heterocycles. The number of hydrogen-bond acceptors (Lipinski definition) is 3. The van der Waals surface area contributed by atoms with Gasteiger partial charge in [-0.2, -0.15) is 0 Å². The predicted molar refractivity (Wildman–Crippen MR) is 34.0 cm³/mol. The second kappa shape index (κ2) is 3.15. The molecule has 0 bridgehead atoms. The molecule has 1 aliphatic rings. The largest absolute Gasteiger partial charge is 0.343 e. The van der Waals surface area contributed by atoms with Gasteiger partial charge in [-0.05, 0) is 13.5 Å². The van der Waals surface area contributed by atoms with Crippen molar-refractivity contribution in [2.24, 2.45) is 0 Å². The highest BCUT2D eigenvalue weighted by Crippen LogP contribution is 2.06. The Morgan fingerprint density at radius 2 is 2.44 bits per heavy atom. The van der Waals surface area contributed by atoms with E-state index in [9.17, 15) is 0 Å². The average Bonchev–Trinajstić information content (AvgIpc) is 1.89. The Morgan fingerprint density at radius 3 is 2.89 bits per heavy atom. The molecule has 54 valence electrons. The lowest BCUT2D eigenvalue weighted by molar-refractivity contribution is -0.224. The van der Waals surface area contributed by atoms with Gasteiger partial charge in [-0.1, -0.05) is 0 Å². The summed E-state index contributed by atoms with van der Waals surface area (Å²) in [4.78, 5) is 2.05. The number of ether oxygens (including phenoxy) is 2. The van der Waals surface area contributed by atoms with Crippen LogP contribution in [0.5, 0.6) is 0 Å².